The standard InChI is InChI=1S/C19H15F3N2O3/c1-27-18(26)15-16(12-7-3-5-9-14(12)24-17(15)25)23-10-11-6-2-4-8-13(11)19(20,21)22/h2-9H,10H2,1H3,(H2,23,24,25). The summed E-state index contributed by atoms with van der Waals surface area (Å²) in [5.74, 6) is -0.881. The monoisotopic (exact) mass is 376 g/mol. The van der Waals surface area contributed by atoms with Gasteiger partial charge in [-0.15, -0.1) is 0 Å². The van der Waals surface area contributed by atoms with E-state index in [9.17, 15) is 22.8 Å². The Morgan fingerprint density at radius 3 is 2.48 bits per heavy atom. The minimum atomic E-state index is -4.51. The second-order valence-corrected chi connectivity index (χ2v) is 5.75. The van der Waals surface area contributed by atoms with Crippen LogP contribution in [0.5, 0.6) is 0 Å². The third kappa shape index (κ3) is 3.64. The summed E-state index contributed by atoms with van der Waals surface area (Å²) < 4.78 is 44.2. The molecule has 0 fully saturated rings. The molecule has 2 N–H and O–H groups in total. The van der Waals surface area contributed by atoms with E-state index in [0.717, 1.165) is 13.2 Å². The SMILES string of the molecule is COC(=O)c1c(NCc2ccccc2C(F)(F)F)c2ccccc2[nH]c1=O. The predicted octanol–water partition coefficient (Wildman–Crippen LogP) is 3.95. The number of alkyl halides is 3. The highest BCUT2D eigenvalue weighted by atomic mass is 19.4. The fraction of sp³-hybridized carbons (Fsp3) is 0.158. The average molecular weight is 376 g/mol. The Bertz CT molecular complexity index is 1060. The van der Waals surface area contributed by atoms with Crippen molar-refractivity contribution < 1.29 is 22.7 Å². The van der Waals surface area contributed by atoms with E-state index < -0.39 is 23.3 Å². The first-order valence-corrected chi connectivity index (χ1v) is 7.95. The molecule has 0 spiro atoms. The van der Waals surface area contributed by atoms with Crippen molar-refractivity contribution in [3.05, 3.63) is 75.6 Å². The number of carbonyl (C=O) groups excluding carboxylic acids is 1. The van der Waals surface area contributed by atoms with Crippen LogP contribution >= 0.6 is 0 Å². The first-order chi connectivity index (χ1) is 12.8. The van der Waals surface area contributed by atoms with Crippen molar-refractivity contribution in [1.82, 2.24) is 4.98 Å². The first-order valence-electron chi connectivity index (χ1n) is 7.95. The van der Waals surface area contributed by atoms with Crippen LogP contribution in [0.4, 0.5) is 18.9 Å². The molecule has 2 aromatic carbocycles. The lowest BCUT2D eigenvalue weighted by molar-refractivity contribution is -0.138. The van der Waals surface area contributed by atoms with Gasteiger partial charge in [0.05, 0.1) is 23.9 Å². The number of aromatic amines is 1. The number of hydrogen-bond donors (Lipinski definition) is 2. The van der Waals surface area contributed by atoms with E-state index >= 15 is 0 Å². The molecule has 5 nitrogen and oxygen atoms in total. The number of anilines is 1. The van der Waals surface area contributed by atoms with Crippen LogP contribution in [0.25, 0.3) is 10.9 Å². The molecule has 0 amide bonds. The Kier molecular flexibility index (Phi) is 4.89. The number of H-pyrrole nitrogens is 1. The molecule has 0 unspecified atom stereocenters. The highest BCUT2D eigenvalue weighted by Gasteiger charge is 2.33. The van der Waals surface area contributed by atoms with Gasteiger partial charge in [-0.05, 0) is 17.7 Å². The molecule has 0 atom stereocenters. The number of methoxy groups -OCH3 is 1. The number of rotatable bonds is 4. The van der Waals surface area contributed by atoms with Gasteiger partial charge in [0.25, 0.3) is 5.56 Å². The number of halogens is 3. The van der Waals surface area contributed by atoms with E-state index in [1.54, 1.807) is 24.3 Å². The van der Waals surface area contributed by atoms with Crippen LogP contribution in [0.3, 0.4) is 0 Å². The summed E-state index contributed by atoms with van der Waals surface area (Å²) in [5, 5.41) is 3.31. The molecular formula is C19H15F3N2O3. The summed E-state index contributed by atoms with van der Waals surface area (Å²) in [7, 11) is 1.12. The van der Waals surface area contributed by atoms with Crippen molar-refractivity contribution in [3.63, 3.8) is 0 Å². The topological polar surface area (TPSA) is 71.2 Å². The van der Waals surface area contributed by atoms with E-state index in [-0.39, 0.29) is 23.4 Å². The third-order valence-corrected chi connectivity index (χ3v) is 4.09. The molecule has 0 bridgehead atoms. The molecule has 3 aromatic rings. The number of fused-ring (bicyclic) bond motifs is 1. The lowest BCUT2D eigenvalue weighted by atomic mass is 10.1. The van der Waals surface area contributed by atoms with Gasteiger partial charge in [-0.3, -0.25) is 4.79 Å². The summed E-state index contributed by atoms with van der Waals surface area (Å²) in [6.07, 6.45) is -4.51. The highest BCUT2D eigenvalue weighted by molar-refractivity contribution is 6.04. The minimum Gasteiger partial charge on any atom is -0.465 e. The van der Waals surface area contributed by atoms with Gasteiger partial charge >= 0.3 is 12.1 Å². The van der Waals surface area contributed by atoms with Gasteiger partial charge in [-0.1, -0.05) is 36.4 Å². The van der Waals surface area contributed by atoms with Crippen LogP contribution < -0.4 is 10.9 Å². The zero-order chi connectivity index (χ0) is 19.6. The Morgan fingerprint density at radius 2 is 1.78 bits per heavy atom. The number of carbonyl (C=O) groups is 1. The van der Waals surface area contributed by atoms with Crippen molar-refractivity contribution in [3.8, 4) is 0 Å². The quantitative estimate of drug-likeness (QED) is 0.677. The van der Waals surface area contributed by atoms with E-state index in [2.05, 4.69) is 15.0 Å². The van der Waals surface area contributed by atoms with Gasteiger partial charge in [-0.2, -0.15) is 13.2 Å². The van der Waals surface area contributed by atoms with Crippen molar-refractivity contribution in [1.29, 1.82) is 0 Å². The second-order valence-electron chi connectivity index (χ2n) is 5.75. The zero-order valence-corrected chi connectivity index (χ0v) is 14.2. The van der Waals surface area contributed by atoms with Gasteiger partial charge in [0, 0.05) is 11.9 Å². The van der Waals surface area contributed by atoms with Crippen molar-refractivity contribution in [2.75, 3.05) is 12.4 Å². The van der Waals surface area contributed by atoms with Gasteiger partial charge in [0.2, 0.25) is 0 Å². The fourth-order valence-corrected chi connectivity index (χ4v) is 2.86. The molecule has 1 aromatic heterocycles. The van der Waals surface area contributed by atoms with Gasteiger partial charge in [0.15, 0.2) is 0 Å². The molecule has 0 aliphatic rings. The van der Waals surface area contributed by atoms with E-state index in [1.807, 2.05) is 0 Å². The minimum absolute atomic E-state index is 0.00909. The van der Waals surface area contributed by atoms with Gasteiger partial charge in [-0.25, -0.2) is 4.79 Å². The summed E-state index contributed by atoms with van der Waals surface area (Å²) in [6.45, 7) is -0.229. The van der Waals surface area contributed by atoms with E-state index in [4.69, 9.17) is 0 Å². The predicted molar refractivity (Wildman–Crippen MR) is 94.7 cm³/mol. The Balaban J connectivity index is 2.10. The smallest absolute Gasteiger partial charge is 0.416 e. The molecule has 27 heavy (non-hydrogen) atoms. The van der Waals surface area contributed by atoms with Crippen LogP contribution in [-0.2, 0) is 17.5 Å². The Hall–Kier alpha value is -3.29. The first kappa shape index (κ1) is 18.5. The molecule has 1 heterocycles. The second kappa shape index (κ2) is 7.14. The molecular weight excluding hydrogens is 361 g/mol. The van der Waals surface area contributed by atoms with E-state index in [0.29, 0.717) is 10.9 Å². The number of benzene rings is 2. The molecule has 0 saturated carbocycles. The number of ether oxygens (including phenoxy) is 1. The molecule has 0 aliphatic heterocycles. The number of para-hydroxylation sites is 1. The van der Waals surface area contributed by atoms with Crippen molar-refractivity contribution in [2.45, 2.75) is 12.7 Å². The van der Waals surface area contributed by atoms with Crippen molar-refractivity contribution >= 4 is 22.6 Å². The normalized spacial score (nSPS) is 11.4. The summed E-state index contributed by atoms with van der Waals surface area (Å²) in [6, 6.07) is 11.8. The molecule has 3 rings (SSSR count). The fourth-order valence-electron chi connectivity index (χ4n) is 2.86. The number of pyridine rings is 1. The Morgan fingerprint density at radius 1 is 1.11 bits per heavy atom. The maximum absolute atomic E-state index is 13.2. The maximum atomic E-state index is 13.2. The summed E-state index contributed by atoms with van der Waals surface area (Å²) in [5.41, 5.74) is -1.20. The average Bonchev–Trinajstić information content (AvgIpc) is 2.64. The van der Waals surface area contributed by atoms with Crippen LogP contribution in [0, 0.1) is 0 Å². The number of hydrogen-bond acceptors (Lipinski definition) is 4. The van der Waals surface area contributed by atoms with Gasteiger partial charge < -0.3 is 15.0 Å². The van der Waals surface area contributed by atoms with Crippen LogP contribution in [0.2, 0.25) is 0 Å². The van der Waals surface area contributed by atoms with E-state index in [1.165, 1.54) is 18.2 Å². The highest BCUT2D eigenvalue weighted by Crippen LogP contribution is 2.33. The van der Waals surface area contributed by atoms with Crippen LogP contribution in [0.15, 0.2) is 53.3 Å². The molecule has 8 heteroatoms. The number of aromatic nitrogens is 1. The summed E-state index contributed by atoms with van der Waals surface area (Å²) >= 11 is 0. The molecule has 140 valence electrons. The van der Waals surface area contributed by atoms with Crippen LogP contribution in [0.1, 0.15) is 21.5 Å². The maximum Gasteiger partial charge on any atom is 0.416 e. The number of nitrogens with one attached hydrogen (secondary N) is 2. The third-order valence-electron chi connectivity index (χ3n) is 4.09. The largest absolute Gasteiger partial charge is 0.465 e. The molecule has 0 radical (unpaired) electrons. The van der Waals surface area contributed by atoms with Crippen LogP contribution in [-0.4, -0.2) is 18.1 Å². The number of esters is 1. The summed E-state index contributed by atoms with van der Waals surface area (Å²) in [4.78, 5) is 27.0. The lowest BCUT2D eigenvalue weighted by Gasteiger charge is -2.16. The van der Waals surface area contributed by atoms with Crippen molar-refractivity contribution in [2.24, 2.45) is 0 Å². The molecule has 0 saturated heterocycles. The molecule has 0 aliphatic carbocycles. The van der Waals surface area contributed by atoms with Gasteiger partial charge in [0.1, 0.15) is 5.56 Å². The lowest BCUT2D eigenvalue weighted by Crippen LogP contribution is -2.22. The Labute approximate surface area is 151 Å². The zero-order valence-electron chi connectivity index (χ0n) is 14.2.